The summed E-state index contributed by atoms with van der Waals surface area (Å²) < 4.78 is 16.9. The van der Waals surface area contributed by atoms with Gasteiger partial charge in [0, 0.05) is 19.3 Å². The molecule has 0 fully saturated rings. The standard InChI is InChI=1S/C66H118O6/c1-4-7-10-13-16-19-22-25-28-31-33-36-38-41-44-47-50-53-56-59-65(68)71-62-63(61-70-64(67)58-55-52-49-46-43-40-37-34-30-27-24-21-18-15-12-9-6-3)72-66(69)60-57-54-51-48-45-42-39-35-32-29-26-23-20-17-14-11-8-5-2/h16,19,22,25,27,30,37,40,46,49,63H,4-15,17-18,20-21,23-24,26,28-29,31-36,38-39,41-45,47-48,50-62H2,1-3H3/b19-16-,25-22-,30-27-,40-37-,49-46-. The fourth-order valence-electron chi connectivity index (χ4n) is 9.04. The minimum atomic E-state index is -0.795. The number of hydrogen-bond donors (Lipinski definition) is 0. The molecule has 0 N–H and O–H groups in total. The summed E-state index contributed by atoms with van der Waals surface area (Å²) in [6.45, 7) is 6.61. The van der Waals surface area contributed by atoms with E-state index in [0.717, 1.165) is 57.8 Å². The quantitative estimate of drug-likeness (QED) is 0.0199. The molecule has 0 aromatic rings. The van der Waals surface area contributed by atoms with E-state index >= 15 is 0 Å². The number of unbranched alkanes of at least 4 members (excludes halogenated alkanes) is 37. The molecule has 0 radical (unpaired) electrons. The van der Waals surface area contributed by atoms with Crippen LogP contribution in [0.15, 0.2) is 60.8 Å². The summed E-state index contributed by atoms with van der Waals surface area (Å²) in [4.78, 5) is 38.3. The molecule has 0 aromatic carbocycles. The maximum Gasteiger partial charge on any atom is 0.306 e. The van der Waals surface area contributed by atoms with E-state index in [0.29, 0.717) is 25.7 Å². The molecule has 0 rings (SSSR count). The van der Waals surface area contributed by atoms with E-state index in [1.165, 1.54) is 218 Å². The summed E-state index contributed by atoms with van der Waals surface area (Å²) in [6, 6.07) is 0. The Bertz CT molecular complexity index is 1290. The fourth-order valence-corrected chi connectivity index (χ4v) is 9.04. The van der Waals surface area contributed by atoms with Crippen molar-refractivity contribution in [2.24, 2.45) is 0 Å². The molecule has 6 nitrogen and oxygen atoms in total. The summed E-state index contributed by atoms with van der Waals surface area (Å²) in [5, 5.41) is 0. The van der Waals surface area contributed by atoms with Gasteiger partial charge in [-0.15, -0.1) is 0 Å². The SMILES string of the molecule is CCCCC/C=C\C=C/CCCCCCCCCCCCC(=O)OCC(COC(=O)CCC/C=C\C/C=C\C/C=C\CCCCCCCC)OC(=O)CCCCCCCCCCCCCCCCCCCC. The van der Waals surface area contributed by atoms with Crippen LogP contribution in [-0.4, -0.2) is 37.2 Å². The number of carbonyl (C=O) groups excluding carboxylic acids is 3. The average Bonchev–Trinajstić information content (AvgIpc) is 3.38. The van der Waals surface area contributed by atoms with E-state index in [4.69, 9.17) is 14.2 Å². The lowest BCUT2D eigenvalue weighted by Crippen LogP contribution is -2.30. The number of carbonyl (C=O) groups is 3. The zero-order valence-corrected chi connectivity index (χ0v) is 47.9. The highest BCUT2D eigenvalue weighted by Gasteiger charge is 2.19. The van der Waals surface area contributed by atoms with Gasteiger partial charge in [-0.05, 0) is 77.0 Å². The molecule has 72 heavy (non-hydrogen) atoms. The van der Waals surface area contributed by atoms with Gasteiger partial charge in [-0.2, -0.15) is 0 Å². The topological polar surface area (TPSA) is 78.9 Å². The Labute approximate surface area is 447 Å². The van der Waals surface area contributed by atoms with Crippen LogP contribution in [0.5, 0.6) is 0 Å². The van der Waals surface area contributed by atoms with Crippen LogP contribution in [0, 0.1) is 0 Å². The number of ether oxygens (including phenoxy) is 3. The normalized spacial score (nSPS) is 12.4. The second-order valence-electron chi connectivity index (χ2n) is 21.0. The predicted octanol–water partition coefficient (Wildman–Crippen LogP) is 21.2. The molecule has 1 unspecified atom stereocenters. The van der Waals surface area contributed by atoms with Gasteiger partial charge in [0.2, 0.25) is 0 Å². The first-order chi connectivity index (χ1) is 35.5. The Balaban J connectivity index is 4.41. The zero-order chi connectivity index (χ0) is 52.2. The van der Waals surface area contributed by atoms with Gasteiger partial charge in [0.05, 0.1) is 0 Å². The number of hydrogen-bond acceptors (Lipinski definition) is 6. The van der Waals surface area contributed by atoms with Crippen LogP contribution in [-0.2, 0) is 28.6 Å². The molecule has 0 heterocycles. The molecular formula is C66H118O6. The third-order valence-electron chi connectivity index (χ3n) is 13.8. The van der Waals surface area contributed by atoms with Gasteiger partial charge in [-0.25, -0.2) is 0 Å². The molecule has 0 aliphatic rings. The third kappa shape index (κ3) is 58.0. The van der Waals surface area contributed by atoms with Crippen LogP contribution >= 0.6 is 0 Å². The first-order valence-electron chi connectivity index (χ1n) is 31.3. The summed E-state index contributed by atoms with van der Waals surface area (Å²) in [7, 11) is 0. The van der Waals surface area contributed by atoms with Crippen molar-refractivity contribution >= 4 is 17.9 Å². The van der Waals surface area contributed by atoms with E-state index in [-0.39, 0.29) is 31.1 Å². The largest absolute Gasteiger partial charge is 0.462 e. The molecule has 0 aromatic heterocycles. The van der Waals surface area contributed by atoms with Gasteiger partial charge < -0.3 is 14.2 Å². The number of esters is 3. The lowest BCUT2D eigenvalue weighted by Gasteiger charge is -2.18. The molecule has 0 saturated carbocycles. The highest BCUT2D eigenvalue weighted by molar-refractivity contribution is 5.71. The van der Waals surface area contributed by atoms with Crippen molar-refractivity contribution in [1.29, 1.82) is 0 Å². The summed E-state index contributed by atoms with van der Waals surface area (Å²) in [5.74, 6) is -0.929. The highest BCUT2D eigenvalue weighted by Crippen LogP contribution is 2.17. The molecule has 1 atom stereocenters. The van der Waals surface area contributed by atoms with Crippen LogP contribution in [0.2, 0.25) is 0 Å². The molecule has 0 aliphatic carbocycles. The Morgan fingerprint density at radius 3 is 0.944 bits per heavy atom. The molecule has 418 valence electrons. The smallest absolute Gasteiger partial charge is 0.306 e. The predicted molar refractivity (Wildman–Crippen MR) is 312 cm³/mol. The maximum atomic E-state index is 12.9. The number of allylic oxidation sites excluding steroid dienone is 10. The van der Waals surface area contributed by atoms with Gasteiger partial charge in [-0.3, -0.25) is 14.4 Å². The summed E-state index contributed by atoms with van der Waals surface area (Å²) >= 11 is 0. The lowest BCUT2D eigenvalue weighted by molar-refractivity contribution is -0.167. The van der Waals surface area contributed by atoms with E-state index in [1.54, 1.807) is 0 Å². The minimum Gasteiger partial charge on any atom is -0.462 e. The third-order valence-corrected chi connectivity index (χ3v) is 13.8. The first kappa shape index (κ1) is 69.1. The second-order valence-corrected chi connectivity index (χ2v) is 21.0. The molecule has 0 bridgehead atoms. The van der Waals surface area contributed by atoms with Crippen molar-refractivity contribution in [2.45, 2.75) is 329 Å². The van der Waals surface area contributed by atoms with Gasteiger partial charge in [0.1, 0.15) is 13.2 Å². The molecule has 0 amide bonds. The van der Waals surface area contributed by atoms with Crippen LogP contribution in [0.3, 0.4) is 0 Å². The van der Waals surface area contributed by atoms with Crippen molar-refractivity contribution in [1.82, 2.24) is 0 Å². The van der Waals surface area contributed by atoms with Crippen molar-refractivity contribution in [2.75, 3.05) is 13.2 Å². The highest BCUT2D eigenvalue weighted by atomic mass is 16.6. The zero-order valence-electron chi connectivity index (χ0n) is 47.9. The van der Waals surface area contributed by atoms with Crippen LogP contribution in [0.1, 0.15) is 323 Å². The Morgan fingerprint density at radius 2 is 0.556 bits per heavy atom. The van der Waals surface area contributed by atoms with Crippen LogP contribution in [0.4, 0.5) is 0 Å². The van der Waals surface area contributed by atoms with E-state index in [2.05, 4.69) is 81.5 Å². The van der Waals surface area contributed by atoms with Gasteiger partial charge in [0.15, 0.2) is 6.10 Å². The van der Waals surface area contributed by atoms with Crippen molar-refractivity contribution in [3.05, 3.63) is 60.8 Å². The Hall–Kier alpha value is -2.89. The lowest BCUT2D eigenvalue weighted by atomic mass is 10.0. The fraction of sp³-hybridized carbons (Fsp3) is 0.803. The van der Waals surface area contributed by atoms with Crippen molar-refractivity contribution < 1.29 is 28.6 Å². The average molecular weight is 1010 g/mol. The second kappa shape index (κ2) is 60.7. The Morgan fingerprint density at radius 1 is 0.292 bits per heavy atom. The van der Waals surface area contributed by atoms with E-state index in [9.17, 15) is 14.4 Å². The minimum absolute atomic E-state index is 0.0887. The Kier molecular flexibility index (Phi) is 58.2. The van der Waals surface area contributed by atoms with E-state index < -0.39 is 6.10 Å². The van der Waals surface area contributed by atoms with Crippen LogP contribution in [0.25, 0.3) is 0 Å². The monoisotopic (exact) mass is 1010 g/mol. The van der Waals surface area contributed by atoms with Crippen LogP contribution < -0.4 is 0 Å². The van der Waals surface area contributed by atoms with Gasteiger partial charge in [0.25, 0.3) is 0 Å². The van der Waals surface area contributed by atoms with Gasteiger partial charge in [-0.1, -0.05) is 287 Å². The molecule has 6 heteroatoms. The first-order valence-corrected chi connectivity index (χ1v) is 31.3. The number of rotatable bonds is 57. The summed E-state index contributed by atoms with van der Waals surface area (Å²) in [5.41, 5.74) is 0. The molecule has 0 saturated heterocycles. The van der Waals surface area contributed by atoms with Crippen molar-refractivity contribution in [3.8, 4) is 0 Å². The molecule has 0 spiro atoms. The van der Waals surface area contributed by atoms with Gasteiger partial charge >= 0.3 is 17.9 Å². The van der Waals surface area contributed by atoms with Crippen molar-refractivity contribution in [3.63, 3.8) is 0 Å². The molecular weight excluding hydrogens is 889 g/mol. The summed E-state index contributed by atoms with van der Waals surface area (Å²) in [6.07, 6.45) is 76.5. The molecule has 0 aliphatic heterocycles. The maximum absolute atomic E-state index is 12.9. The van der Waals surface area contributed by atoms with E-state index in [1.807, 2.05) is 0 Å².